The van der Waals surface area contributed by atoms with E-state index in [1.165, 1.54) is 12.1 Å². The van der Waals surface area contributed by atoms with Crippen molar-refractivity contribution in [1.29, 1.82) is 0 Å². The van der Waals surface area contributed by atoms with Crippen molar-refractivity contribution in [3.8, 4) is 0 Å². The first-order valence-corrected chi connectivity index (χ1v) is 6.92. The highest BCUT2D eigenvalue weighted by Crippen LogP contribution is 2.09. The zero-order valence-corrected chi connectivity index (χ0v) is 10.8. The summed E-state index contributed by atoms with van der Waals surface area (Å²) in [7, 11) is -0.917. The Morgan fingerprint density at radius 3 is 2.76 bits per heavy atom. The summed E-state index contributed by atoms with van der Waals surface area (Å²) in [5, 5.41) is 2.55. The van der Waals surface area contributed by atoms with Gasteiger partial charge in [0.15, 0.2) is 0 Å². The van der Waals surface area contributed by atoms with Crippen molar-refractivity contribution in [2.24, 2.45) is 0 Å². The molecule has 0 fully saturated rings. The van der Waals surface area contributed by atoms with Crippen LogP contribution in [0, 0.1) is 12.7 Å². The average Bonchev–Trinajstić information content (AvgIpc) is 2.28. The van der Waals surface area contributed by atoms with Crippen LogP contribution >= 0.6 is 0 Å². The number of benzene rings is 1. The van der Waals surface area contributed by atoms with Crippen molar-refractivity contribution in [2.45, 2.75) is 13.8 Å². The standard InChI is InChI=1S/C12H16FNO2S/c1-3-17(16)7-6-14-12(15)10-5-4-9(2)8-11(10)13/h4-5,8H,3,6-7H2,1-2H3,(H,14,15). The van der Waals surface area contributed by atoms with E-state index in [1.807, 2.05) is 6.92 Å². The maximum atomic E-state index is 13.4. The molecule has 0 spiro atoms. The van der Waals surface area contributed by atoms with Crippen LogP contribution in [0.5, 0.6) is 0 Å². The number of rotatable bonds is 5. The Bertz CT molecular complexity index is 435. The molecule has 1 unspecified atom stereocenters. The molecule has 0 aliphatic carbocycles. The van der Waals surface area contributed by atoms with Gasteiger partial charge in [-0.05, 0) is 24.6 Å². The van der Waals surface area contributed by atoms with E-state index in [1.54, 1.807) is 13.0 Å². The molecule has 1 N–H and O–H groups in total. The molecule has 17 heavy (non-hydrogen) atoms. The van der Waals surface area contributed by atoms with E-state index in [0.717, 1.165) is 5.56 Å². The van der Waals surface area contributed by atoms with E-state index in [-0.39, 0.29) is 5.56 Å². The molecule has 1 aromatic carbocycles. The third-order valence-electron chi connectivity index (χ3n) is 2.31. The lowest BCUT2D eigenvalue weighted by Crippen LogP contribution is -2.28. The third-order valence-corrected chi connectivity index (χ3v) is 3.61. The molecule has 0 bridgehead atoms. The molecule has 0 radical (unpaired) electrons. The highest BCUT2D eigenvalue weighted by Gasteiger charge is 2.11. The lowest BCUT2D eigenvalue weighted by molar-refractivity contribution is 0.0952. The quantitative estimate of drug-likeness (QED) is 0.871. The number of carbonyl (C=O) groups excluding carboxylic acids is 1. The fourth-order valence-electron chi connectivity index (χ4n) is 1.32. The molecule has 0 aliphatic heterocycles. The molecular weight excluding hydrogens is 241 g/mol. The summed E-state index contributed by atoms with van der Waals surface area (Å²) in [6, 6.07) is 4.46. The van der Waals surface area contributed by atoms with Crippen LogP contribution in [0.25, 0.3) is 0 Å². The summed E-state index contributed by atoms with van der Waals surface area (Å²) >= 11 is 0. The van der Waals surface area contributed by atoms with Crippen LogP contribution < -0.4 is 5.32 Å². The average molecular weight is 257 g/mol. The van der Waals surface area contributed by atoms with Crippen molar-refractivity contribution >= 4 is 16.7 Å². The maximum absolute atomic E-state index is 13.4. The van der Waals surface area contributed by atoms with Gasteiger partial charge in [0.2, 0.25) is 0 Å². The van der Waals surface area contributed by atoms with Crippen LogP contribution in [-0.2, 0) is 10.8 Å². The number of hydrogen-bond acceptors (Lipinski definition) is 2. The molecule has 0 saturated heterocycles. The minimum absolute atomic E-state index is 0.0258. The molecule has 1 rings (SSSR count). The number of halogens is 1. The molecule has 0 heterocycles. The van der Waals surface area contributed by atoms with E-state index in [2.05, 4.69) is 5.32 Å². The molecule has 94 valence electrons. The largest absolute Gasteiger partial charge is 0.351 e. The molecule has 0 saturated carbocycles. The van der Waals surface area contributed by atoms with Gasteiger partial charge in [0.05, 0.1) is 5.56 Å². The highest BCUT2D eigenvalue weighted by atomic mass is 32.2. The number of nitrogens with one attached hydrogen (secondary N) is 1. The summed E-state index contributed by atoms with van der Waals surface area (Å²) in [5.41, 5.74) is 0.795. The number of amides is 1. The predicted octanol–water partition coefficient (Wildman–Crippen LogP) is 1.63. The zero-order chi connectivity index (χ0) is 12.8. The molecular formula is C12H16FNO2S. The summed E-state index contributed by atoms with van der Waals surface area (Å²) in [4.78, 5) is 11.6. The van der Waals surface area contributed by atoms with Crippen LogP contribution in [0.4, 0.5) is 4.39 Å². The molecule has 1 atom stereocenters. The normalized spacial score (nSPS) is 12.2. The topological polar surface area (TPSA) is 46.2 Å². The van der Waals surface area contributed by atoms with Crippen LogP contribution in [-0.4, -0.2) is 28.2 Å². The monoisotopic (exact) mass is 257 g/mol. The molecule has 3 nitrogen and oxygen atoms in total. The Balaban J connectivity index is 2.55. The van der Waals surface area contributed by atoms with Gasteiger partial charge in [-0.1, -0.05) is 13.0 Å². The number of carbonyl (C=O) groups is 1. The van der Waals surface area contributed by atoms with Gasteiger partial charge in [-0.25, -0.2) is 4.39 Å². The van der Waals surface area contributed by atoms with Crippen LogP contribution in [0.1, 0.15) is 22.8 Å². The van der Waals surface area contributed by atoms with Crippen molar-refractivity contribution in [1.82, 2.24) is 5.32 Å². The minimum atomic E-state index is -0.917. The lowest BCUT2D eigenvalue weighted by Gasteiger charge is -2.06. The van der Waals surface area contributed by atoms with Gasteiger partial charge in [-0.3, -0.25) is 9.00 Å². The van der Waals surface area contributed by atoms with E-state index in [0.29, 0.717) is 18.1 Å². The van der Waals surface area contributed by atoms with Crippen molar-refractivity contribution < 1.29 is 13.4 Å². The molecule has 0 aliphatic rings. The van der Waals surface area contributed by atoms with Gasteiger partial charge in [0.25, 0.3) is 5.91 Å². The van der Waals surface area contributed by atoms with Crippen molar-refractivity contribution in [3.05, 3.63) is 35.1 Å². The minimum Gasteiger partial charge on any atom is -0.351 e. The second kappa shape index (κ2) is 6.49. The SMILES string of the molecule is CCS(=O)CCNC(=O)c1ccc(C)cc1F. The fraction of sp³-hybridized carbons (Fsp3) is 0.417. The van der Waals surface area contributed by atoms with Crippen molar-refractivity contribution in [3.63, 3.8) is 0 Å². The molecule has 0 aromatic heterocycles. The van der Waals surface area contributed by atoms with E-state index < -0.39 is 22.5 Å². The fourth-order valence-corrected chi connectivity index (χ4v) is 1.94. The van der Waals surface area contributed by atoms with E-state index in [4.69, 9.17) is 0 Å². The smallest absolute Gasteiger partial charge is 0.254 e. The van der Waals surface area contributed by atoms with Gasteiger partial charge in [-0.15, -0.1) is 0 Å². The Morgan fingerprint density at radius 2 is 2.18 bits per heavy atom. The van der Waals surface area contributed by atoms with Gasteiger partial charge in [-0.2, -0.15) is 0 Å². The second-order valence-corrected chi connectivity index (χ2v) is 5.54. The molecule has 5 heteroatoms. The first-order valence-electron chi connectivity index (χ1n) is 5.44. The summed E-state index contributed by atoms with van der Waals surface area (Å²) < 4.78 is 24.6. The van der Waals surface area contributed by atoms with E-state index in [9.17, 15) is 13.4 Å². The Morgan fingerprint density at radius 1 is 1.47 bits per heavy atom. The summed E-state index contributed by atoms with van der Waals surface area (Å²) in [6.07, 6.45) is 0. The summed E-state index contributed by atoms with van der Waals surface area (Å²) in [6.45, 7) is 3.87. The number of hydrogen-bond donors (Lipinski definition) is 1. The lowest BCUT2D eigenvalue weighted by atomic mass is 10.1. The van der Waals surface area contributed by atoms with Gasteiger partial charge in [0.1, 0.15) is 5.82 Å². The Kier molecular flexibility index (Phi) is 5.28. The van der Waals surface area contributed by atoms with Crippen LogP contribution in [0.3, 0.4) is 0 Å². The highest BCUT2D eigenvalue weighted by molar-refractivity contribution is 7.84. The zero-order valence-electron chi connectivity index (χ0n) is 9.96. The van der Waals surface area contributed by atoms with Crippen LogP contribution in [0.15, 0.2) is 18.2 Å². The van der Waals surface area contributed by atoms with Gasteiger partial charge < -0.3 is 5.32 Å². The predicted molar refractivity (Wildman–Crippen MR) is 67.0 cm³/mol. The van der Waals surface area contributed by atoms with Gasteiger partial charge in [0, 0.05) is 28.9 Å². The van der Waals surface area contributed by atoms with Crippen LogP contribution in [0.2, 0.25) is 0 Å². The number of aryl methyl sites for hydroxylation is 1. The third kappa shape index (κ3) is 4.26. The van der Waals surface area contributed by atoms with E-state index >= 15 is 0 Å². The second-order valence-electron chi connectivity index (χ2n) is 3.67. The maximum Gasteiger partial charge on any atom is 0.254 e. The first-order chi connectivity index (χ1) is 8.04. The Hall–Kier alpha value is -1.23. The van der Waals surface area contributed by atoms with Gasteiger partial charge >= 0.3 is 0 Å². The molecule has 1 aromatic rings. The summed E-state index contributed by atoms with van der Waals surface area (Å²) in [5.74, 6) is -0.0282. The molecule has 1 amide bonds. The Labute approximate surface area is 103 Å². The van der Waals surface area contributed by atoms with Crippen molar-refractivity contribution in [2.75, 3.05) is 18.1 Å². The first kappa shape index (κ1) is 13.8.